The molecule has 0 saturated carbocycles. The van der Waals surface area contributed by atoms with Crippen LogP contribution in [0.3, 0.4) is 0 Å². The Morgan fingerprint density at radius 2 is 1.68 bits per heavy atom. The molecule has 0 fully saturated rings. The second kappa shape index (κ2) is 19.0. The Hall–Kier alpha value is -0.130. The van der Waals surface area contributed by atoms with Crippen LogP contribution in [0.25, 0.3) is 0 Å². The maximum atomic E-state index is 12.8. The Kier molecular flexibility index (Phi) is 19.0. The molecule has 0 aliphatic carbocycles. The Morgan fingerprint density at radius 3 is 2.26 bits per heavy atom. The summed E-state index contributed by atoms with van der Waals surface area (Å²) in [6, 6.07) is 0. The van der Waals surface area contributed by atoms with Crippen LogP contribution in [0.5, 0.6) is 0 Å². The first-order valence-corrected chi connectivity index (χ1v) is 14.1. The minimum atomic E-state index is -4.58. The van der Waals surface area contributed by atoms with Crippen molar-refractivity contribution in [2.75, 3.05) is 38.5 Å². The number of amidine groups is 1. The smallest absolute Gasteiger partial charge is 0.748 e. The first-order valence-electron chi connectivity index (χ1n) is 12.6. The van der Waals surface area contributed by atoms with Gasteiger partial charge in [-0.2, -0.15) is 0 Å². The fourth-order valence-electron chi connectivity index (χ4n) is 4.44. The van der Waals surface area contributed by atoms with Crippen LogP contribution in [0, 0.1) is 0 Å². The molecular formula is C24H44N2NaO6S+. The predicted molar refractivity (Wildman–Crippen MR) is 130 cm³/mol. The molecule has 192 valence electrons. The van der Waals surface area contributed by atoms with Crippen molar-refractivity contribution in [3.05, 3.63) is 12.2 Å². The molecule has 1 heterocycles. The van der Waals surface area contributed by atoms with Gasteiger partial charge in [0.15, 0.2) is 0 Å². The van der Waals surface area contributed by atoms with E-state index in [0.29, 0.717) is 19.5 Å². The monoisotopic (exact) mass is 511 g/mol. The molecule has 2 N–H and O–H groups in total. The van der Waals surface area contributed by atoms with Crippen molar-refractivity contribution in [2.45, 2.75) is 90.1 Å². The number of unbranched alkanes of at least 4 members (excludes halogenated alkanes) is 9. The second-order valence-corrected chi connectivity index (χ2v) is 10.6. The molecule has 0 amide bonds. The van der Waals surface area contributed by atoms with Crippen molar-refractivity contribution >= 4 is 21.7 Å². The molecule has 0 bridgehead atoms. The zero-order valence-electron chi connectivity index (χ0n) is 21.3. The van der Waals surface area contributed by atoms with Gasteiger partial charge < -0.3 is 14.8 Å². The van der Waals surface area contributed by atoms with Crippen LogP contribution in [-0.4, -0.2) is 83.9 Å². The molecule has 0 radical (unpaired) electrons. The summed E-state index contributed by atoms with van der Waals surface area (Å²) in [6.07, 6.45) is 16.1. The first kappa shape index (κ1) is 33.9. The van der Waals surface area contributed by atoms with E-state index in [9.17, 15) is 28.0 Å². The zero-order valence-corrected chi connectivity index (χ0v) is 24.1. The number of rotatable bonds is 20. The van der Waals surface area contributed by atoms with Gasteiger partial charge in [0.25, 0.3) is 5.84 Å². The van der Waals surface area contributed by atoms with E-state index in [1.165, 1.54) is 44.9 Å². The minimum Gasteiger partial charge on any atom is -0.748 e. The van der Waals surface area contributed by atoms with Crippen molar-refractivity contribution in [3.8, 4) is 0 Å². The first-order chi connectivity index (χ1) is 15.7. The molecular weight excluding hydrogens is 467 g/mol. The third-order valence-electron chi connectivity index (χ3n) is 6.14. The summed E-state index contributed by atoms with van der Waals surface area (Å²) in [5.74, 6) is -0.767. The van der Waals surface area contributed by atoms with Crippen molar-refractivity contribution in [3.63, 3.8) is 0 Å². The number of aliphatic imine (C=N–C) groups is 1. The molecule has 0 aromatic heterocycles. The largest absolute Gasteiger partial charge is 1.00 e. The molecule has 2 unspecified atom stereocenters. The van der Waals surface area contributed by atoms with Crippen LogP contribution in [0.2, 0.25) is 0 Å². The zero-order chi connectivity index (χ0) is 24.6. The number of carbonyl (C=O) groups is 1. The van der Waals surface area contributed by atoms with E-state index in [0.717, 1.165) is 25.7 Å². The number of hydrogen-bond acceptors (Lipinski definition) is 7. The number of aliphatic hydroxyl groups is 2. The Balaban J connectivity index is 0.0000109. The van der Waals surface area contributed by atoms with Gasteiger partial charge in [0.1, 0.15) is 25.7 Å². The molecule has 1 aliphatic heterocycles. The van der Waals surface area contributed by atoms with E-state index >= 15 is 0 Å². The summed E-state index contributed by atoms with van der Waals surface area (Å²) in [4.78, 5) is 17.1. The van der Waals surface area contributed by atoms with Gasteiger partial charge in [0.2, 0.25) is 5.78 Å². The van der Waals surface area contributed by atoms with Gasteiger partial charge in [-0.05, 0) is 32.1 Å². The Bertz CT molecular complexity index is 729. The van der Waals surface area contributed by atoms with Crippen LogP contribution in [0.1, 0.15) is 84.0 Å². The number of Topliss-reactive ketones (excluding diaryl/α,β-unsaturated/α-hetero) is 1. The molecule has 2 atom stereocenters. The van der Waals surface area contributed by atoms with E-state index in [1.54, 1.807) is 0 Å². The standard InChI is InChI=1S/C24H44N2O6S.Na/c1-2-3-4-5-6-7-8-9-10-11-12-13-14-15-23(29)24-25-16-17-26(24,18-19-27)20-22(28)21-33(30,31)32;/h10-11,22,27-28H,2-9,12-21H2,1H3;/q;+1/b11-10+;. The van der Waals surface area contributed by atoms with Crippen LogP contribution in [0.15, 0.2) is 17.1 Å². The summed E-state index contributed by atoms with van der Waals surface area (Å²) >= 11 is 0. The Labute approximate surface area is 228 Å². The van der Waals surface area contributed by atoms with E-state index in [-0.39, 0.29) is 65.4 Å². The van der Waals surface area contributed by atoms with E-state index in [2.05, 4.69) is 24.1 Å². The average Bonchev–Trinajstić information content (AvgIpc) is 3.13. The predicted octanol–water partition coefficient (Wildman–Crippen LogP) is -0.0559. The van der Waals surface area contributed by atoms with Gasteiger partial charge in [-0.1, -0.05) is 57.6 Å². The number of allylic oxidation sites excluding steroid dienone is 2. The van der Waals surface area contributed by atoms with Crippen molar-refractivity contribution in [2.24, 2.45) is 4.99 Å². The molecule has 8 nitrogen and oxygen atoms in total. The number of quaternary nitrogens is 1. The molecule has 34 heavy (non-hydrogen) atoms. The average molecular weight is 512 g/mol. The maximum absolute atomic E-state index is 12.8. The quantitative estimate of drug-likeness (QED) is 0.0775. The van der Waals surface area contributed by atoms with Crippen molar-refractivity contribution in [1.29, 1.82) is 0 Å². The van der Waals surface area contributed by atoms with Crippen molar-refractivity contribution < 1.29 is 62.0 Å². The van der Waals surface area contributed by atoms with Gasteiger partial charge in [-0.3, -0.25) is 9.28 Å². The molecule has 1 rings (SSSR count). The Morgan fingerprint density at radius 1 is 1.09 bits per heavy atom. The number of aliphatic hydroxyl groups excluding tert-OH is 2. The SMILES string of the molecule is CCCCCCCCC/C=C/CCCCC(=O)C1=NCC[N+]1(CCO)CC(O)CS(=O)(=O)[O-].[Na+]. The fourth-order valence-corrected chi connectivity index (χ4v) is 5.02. The summed E-state index contributed by atoms with van der Waals surface area (Å²) in [7, 11) is -4.58. The van der Waals surface area contributed by atoms with Crippen LogP contribution in [0.4, 0.5) is 0 Å². The third-order valence-corrected chi connectivity index (χ3v) is 6.93. The van der Waals surface area contributed by atoms with Gasteiger partial charge in [0, 0.05) is 6.42 Å². The van der Waals surface area contributed by atoms with Crippen LogP contribution >= 0.6 is 0 Å². The number of hydrogen-bond donors (Lipinski definition) is 2. The summed E-state index contributed by atoms with van der Waals surface area (Å²) in [5, 5.41) is 19.6. The molecule has 0 aromatic rings. The number of ketones is 1. The van der Waals surface area contributed by atoms with E-state index in [4.69, 9.17) is 0 Å². The third kappa shape index (κ3) is 14.4. The van der Waals surface area contributed by atoms with Crippen LogP contribution < -0.4 is 29.6 Å². The normalized spacial score (nSPS) is 19.2. The fraction of sp³-hybridized carbons (Fsp3) is 0.833. The minimum absolute atomic E-state index is 0. The maximum Gasteiger partial charge on any atom is 1.00 e. The topological polar surface area (TPSA) is 127 Å². The van der Waals surface area contributed by atoms with E-state index in [1.807, 2.05) is 0 Å². The van der Waals surface area contributed by atoms with E-state index < -0.39 is 22.0 Å². The molecule has 10 heteroatoms. The summed E-state index contributed by atoms with van der Waals surface area (Å²) in [6.45, 7) is 2.81. The number of carbonyl (C=O) groups excluding carboxylic acids is 1. The molecule has 0 saturated heterocycles. The van der Waals surface area contributed by atoms with Gasteiger partial charge >= 0.3 is 29.6 Å². The van der Waals surface area contributed by atoms with Crippen molar-refractivity contribution in [1.82, 2.24) is 0 Å². The van der Waals surface area contributed by atoms with Gasteiger partial charge in [0.05, 0.1) is 29.0 Å². The number of nitrogens with zero attached hydrogens (tertiary/aromatic N) is 2. The summed E-state index contributed by atoms with van der Waals surface area (Å²) < 4.78 is 32.8. The molecule has 1 aliphatic rings. The second-order valence-electron chi connectivity index (χ2n) is 9.13. The molecule has 0 aromatic carbocycles. The van der Waals surface area contributed by atoms with Gasteiger partial charge in [-0.25, -0.2) is 13.4 Å². The van der Waals surface area contributed by atoms with Gasteiger partial charge in [-0.15, -0.1) is 0 Å². The summed E-state index contributed by atoms with van der Waals surface area (Å²) in [5.41, 5.74) is 0. The van der Waals surface area contributed by atoms with Crippen LogP contribution in [-0.2, 0) is 14.9 Å². The molecule has 0 spiro atoms.